The Labute approximate surface area is 155 Å². The number of anilines is 1. The normalized spacial score (nSPS) is 20.9. The first-order chi connectivity index (χ1) is 12.9. The number of hydrogen-bond donors (Lipinski definition) is 2. The zero-order valence-corrected chi connectivity index (χ0v) is 14.8. The van der Waals surface area contributed by atoms with Gasteiger partial charge >= 0.3 is 6.18 Å². The number of benzene rings is 1. The van der Waals surface area contributed by atoms with E-state index in [9.17, 15) is 17.6 Å². The summed E-state index contributed by atoms with van der Waals surface area (Å²) in [4.78, 5) is 4.22. The highest BCUT2D eigenvalue weighted by atomic mass is 32.1. The van der Waals surface area contributed by atoms with Crippen LogP contribution in [0.25, 0.3) is 20.8 Å². The molecule has 0 saturated carbocycles. The maximum absolute atomic E-state index is 14.2. The highest BCUT2D eigenvalue weighted by Crippen LogP contribution is 2.43. The van der Waals surface area contributed by atoms with Gasteiger partial charge in [-0.25, -0.2) is 4.39 Å². The van der Waals surface area contributed by atoms with Crippen molar-refractivity contribution in [2.45, 2.75) is 31.2 Å². The molecule has 1 aromatic carbocycles. The zero-order valence-electron chi connectivity index (χ0n) is 14.0. The van der Waals surface area contributed by atoms with Crippen LogP contribution in [0.3, 0.4) is 0 Å². The number of thiophene rings is 1. The van der Waals surface area contributed by atoms with Crippen molar-refractivity contribution in [3.8, 4) is 10.7 Å². The molecule has 0 amide bonds. The van der Waals surface area contributed by atoms with E-state index in [0.29, 0.717) is 33.6 Å². The Morgan fingerprint density at radius 3 is 2.89 bits per heavy atom. The second-order valence-electron chi connectivity index (χ2n) is 6.40. The number of fused-ring (bicyclic) bond motifs is 1. The Morgan fingerprint density at radius 1 is 1.33 bits per heavy atom. The van der Waals surface area contributed by atoms with E-state index in [0.717, 1.165) is 17.7 Å². The fraction of sp³-hybridized carbons (Fsp3) is 0.412. The van der Waals surface area contributed by atoms with E-state index in [1.807, 2.05) is 0 Å². The number of halogens is 4. The van der Waals surface area contributed by atoms with E-state index < -0.39 is 24.8 Å². The van der Waals surface area contributed by atoms with Gasteiger partial charge in [0.1, 0.15) is 6.17 Å². The average Bonchev–Trinajstić information content (AvgIpc) is 3.25. The van der Waals surface area contributed by atoms with Crippen LogP contribution < -0.4 is 10.6 Å². The Hall–Kier alpha value is -2.20. The minimum Gasteiger partial charge on any atom is -0.378 e. The molecule has 0 radical (unpaired) electrons. The summed E-state index contributed by atoms with van der Waals surface area (Å²) in [5.41, 5.74) is 0.722. The Bertz CT molecular complexity index is 925. The molecule has 5 nitrogen and oxygen atoms in total. The molecular weight excluding hydrogens is 384 g/mol. The summed E-state index contributed by atoms with van der Waals surface area (Å²) in [6, 6.07) is 4.67. The Morgan fingerprint density at radius 2 is 2.19 bits per heavy atom. The summed E-state index contributed by atoms with van der Waals surface area (Å²) in [5.74, 6) is 0.117. The van der Waals surface area contributed by atoms with Crippen molar-refractivity contribution in [1.29, 1.82) is 0 Å². The number of rotatable bonds is 4. The second-order valence-corrected chi connectivity index (χ2v) is 7.42. The van der Waals surface area contributed by atoms with Gasteiger partial charge in [-0.15, -0.1) is 11.3 Å². The molecule has 1 saturated heterocycles. The first-order valence-electron chi connectivity index (χ1n) is 8.41. The van der Waals surface area contributed by atoms with Gasteiger partial charge in [0.05, 0.1) is 27.7 Å². The number of nitrogens with one attached hydrogen (secondary N) is 2. The molecule has 1 fully saturated rings. The summed E-state index contributed by atoms with van der Waals surface area (Å²) in [6.07, 6.45) is -4.87. The smallest absolute Gasteiger partial charge is 0.378 e. The van der Waals surface area contributed by atoms with Crippen LogP contribution in [0.15, 0.2) is 29.1 Å². The molecule has 2 unspecified atom stereocenters. The molecule has 0 bridgehead atoms. The number of alkyl halides is 4. The molecule has 0 aliphatic carbocycles. The maximum Gasteiger partial charge on any atom is 0.393 e. The third-order valence-electron chi connectivity index (χ3n) is 4.51. The summed E-state index contributed by atoms with van der Waals surface area (Å²) in [7, 11) is 0. The number of hydrogen-bond acceptors (Lipinski definition) is 6. The summed E-state index contributed by atoms with van der Waals surface area (Å²) < 4.78 is 59.0. The average molecular weight is 400 g/mol. The lowest BCUT2D eigenvalue weighted by Crippen LogP contribution is -2.45. The predicted octanol–water partition coefficient (Wildman–Crippen LogP) is 4.17. The van der Waals surface area contributed by atoms with Crippen LogP contribution in [-0.2, 0) is 6.42 Å². The first kappa shape index (κ1) is 18.2. The van der Waals surface area contributed by atoms with Gasteiger partial charge in [-0.3, -0.25) is 0 Å². The lowest BCUT2D eigenvalue weighted by atomic mass is 10.0. The SMILES string of the molecule is FC1CNCCC1Nc1cccc2c(CC(F)(F)F)c(-c3ncon3)sc12. The molecule has 3 heterocycles. The molecule has 1 aliphatic rings. The quantitative estimate of drug-likeness (QED) is 0.644. The van der Waals surface area contributed by atoms with E-state index in [2.05, 4.69) is 20.8 Å². The monoisotopic (exact) mass is 400 g/mol. The highest BCUT2D eigenvalue weighted by Gasteiger charge is 2.33. The summed E-state index contributed by atoms with van der Waals surface area (Å²) >= 11 is 1.15. The van der Waals surface area contributed by atoms with Crippen LogP contribution in [-0.4, -0.2) is 41.6 Å². The Kier molecular flexibility index (Phi) is 4.77. The lowest BCUT2D eigenvalue weighted by molar-refractivity contribution is -0.126. The van der Waals surface area contributed by atoms with E-state index >= 15 is 0 Å². The molecule has 10 heteroatoms. The van der Waals surface area contributed by atoms with Crippen LogP contribution in [0.5, 0.6) is 0 Å². The van der Waals surface area contributed by atoms with Gasteiger partial charge in [0, 0.05) is 6.54 Å². The van der Waals surface area contributed by atoms with Crippen LogP contribution in [0.2, 0.25) is 0 Å². The molecule has 2 aromatic heterocycles. The van der Waals surface area contributed by atoms with Crippen molar-refractivity contribution in [3.05, 3.63) is 30.2 Å². The van der Waals surface area contributed by atoms with Crippen molar-refractivity contribution < 1.29 is 22.1 Å². The van der Waals surface area contributed by atoms with E-state index in [1.54, 1.807) is 18.2 Å². The molecule has 144 valence electrons. The van der Waals surface area contributed by atoms with Gasteiger partial charge in [0.25, 0.3) is 0 Å². The standard InChI is InChI=1S/C17H16F4N4OS/c18-11-7-22-5-4-12(11)24-13-3-1-2-9-10(6-17(19,20)21)15(27-14(9)13)16-23-8-26-25-16/h1-3,8,11-12,22,24H,4-7H2. The van der Waals surface area contributed by atoms with Crippen LogP contribution in [0, 0.1) is 0 Å². The molecule has 27 heavy (non-hydrogen) atoms. The van der Waals surface area contributed by atoms with Crippen molar-refractivity contribution in [3.63, 3.8) is 0 Å². The molecular formula is C17H16F4N4OS. The van der Waals surface area contributed by atoms with Crippen LogP contribution >= 0.6 is 11.3 Å². The minimum atomic E-state index is -4.38. The fourth-order valence-electron chi connectivity index (χ4n) is 3.29. The van der Waals surface area contributed by atoms with Crippen molar-refractivity contribution in [1.82, 2.24) is 15.5 Å². The third kappa shape index (κ3) is 3.77. The maximum atomic E-state index is 14.2. The third-order valence-corrected chi connectivity index (χ3v) is 5.79. The van der Waals surface area contributed by atoms with Gasteiger partial charge in [0.15, 0.2) is 0 Å². The Balaban J connectivity index is 1.79. The fourth-order valence-corrected chi connectivity index (χ4v) is 4.52. The van der Waals surface area contributed by atoms with Gasteiger partial charge < -0.3 is 15.2 Å². The van der Waals surface area contributed by atoms with E-state index in [4.69, 9.17) is 4.52 Å². The molecule has 3 aromatic rings. The number of piperidine rings is 1. The van der Waals surface area contributed by atoms with Gasteiger partial charge in [-0.2, -0.15) is 18.2 Å². The zero-order chi connectivity index (χ0) is 19.0. The molecule has 4 rings (SSSR count). The van der Waals surface area contributed by atoms with Crippen LogP contribution in [0.1, 0.15) is 12.0 Å². The molecule has 0 spiro atoms. The van der Waals surface area contributed by atoms with Crippen molar-refractivity contribution in [2.75, 3.05) is 18.4 Å². The molecule has 2 N–H and O–H groups in total. The van der Waals surface area contributed by atoms with Gasteiger partial charge in [0.2, 0.25) is 12.2 Å². The number of nitrogens with zero attached hydrogens (tertiary/aromatic N) is 2. The van der Waals surface area contributed by atoms with E-state index in [-0.39, 0.29) is 17.9 Å². The largest absolute Gasteiger partial charge is 0.393 e. The summed E-state index contributed by atoms with van der Waals surface area (Å²) in [6.45, 7) is 0.942. The number of aromatic nitrogens is 2. The molecule has 1 aliphatic heterocycles. The molecule has 2 atom stereocenters. The first-order valence-corrected chi connectivity index (χ1v) is 9.23. The van der Waals surface area contributed by atoms with Crippen molar-refractivity contribution in [2.24, 2.45) is 0 Å². The topological polar surface area (TPSA) is 63.0 Å². The highest BCUT2D eigenvalue weighted by molar-refractivity contribution is 7.23. The minimum absolute atomic E-state index is 0.106. The van der Waals surface area contributed by atoms with Gasteiger partial charge in [-0.05, 0) is 30.0 Å². The predicted molar refractivity (Wildman–Crippen MR) is 94.7 cm³/mol. The lowest BCUT2D eigenvalue weighted by Gasteiger charge is -2.28. The van der Waals surface area contributed by atoms with Gasteiger partial charge in [-0.1, -0.05) is 17.3 Å². The summed E-state index contributed by atoms with van der Waals surface area (Å²) in [5, 5.41) is 10.3. The van der Waals surface area contributed by atoms with E-state index in [1.165, 1.54) is 0 Å². The second kappa shape index (κ2) is 7.08. The van der Waals surface area contributed by atoms with Crippen molar-refractivity contribution >= 4 is 27.1 Å². The van der Waals surface area contributed by atoms with Crippen LogP contribution in [0.4, 0.5) is 23.2 Å².